The molecule has 0 unspecified atom stereocenters. The van der Waals surface area contributed by atoms with Crippen LogP contribution >= 0.6 is 11.6 Å². The van der Waals surface area contributed by atoms with Crippen LogP contribution in [-0.2, 0) is 9.84 Å². The van der Waals surface area contributed by atoms with Crippen molar-refractivity contribution < 1.29 is 17.8 Å². The highest BCUT2D eigenvalue weighted by Gasteiger charge is 2.21. The quantitative estimate of drug-likeness (QED) is 0.335. The Hall–Kier alpha value is -3.41. The van der Waals surface area contributed by atoms with Crippen LogP contribution in [0, 0.1) is 21.4 Å². The van der Waals surface area contributed by atoms with Gasteiger partial charge in [0.1, 0.15) is 17.6 Å². The Morgan fingerprint density at radius 3 is 2.29 bits per heavy atom. The number of halogens is 1. The Balaban J connectivity index is 1.93. The molecule has 0 spiro atoms. The predicted molar refractivity (Wildman–Crippen MR) is 103 cm³/mol. The van der Waals surface area contributed by atoms with Crippen molar-refractivity contribution >= 4 is 33.2 Å². The minimum Gasteiger partial charge on any atom is -0.457 e. The number of rotatable bonds is 5. The summed E-state index contributed by atoms with van der Waals surface area (Å²) >= 11 is 5.77. The lowest BCUT2D eigenvalue weighted by Gasteiger charge is -2.02. The molecule has 1 aromatic heterocycles. The van der Waals surface area contributed by atoms with Crippen LogP contribution in [0.3, 0.4) is 0 Å². The number of allylic oxidation sites excluding steroid dienone is 1. The lowest BCUT2D eigenvalue weighted by Crippen LogP contribution is -2.03. The van der Waals surface area contributed by atoms with E-state index in [0.717, 1.165) is 6.08 Å². The van der Waals surface area contributed by atoms with E-state index in [1.165, 1.54) is 54.6 Å². The summed E-state index contributed by atoms with van der Waals surface area (Å²) in [5.41, 5.74) is 0.514. The molecule has 140 valence electrons. The summed E-state index contributed by atoms with van der Waals surface area (Å²) in [5, 5.41) is 20.4. The molecule has 0 radical (unpaired) electrons. The summed E-state index contributed by atoms with van der Waals surface area (Å²) in [7, 11) is -4.03. The third kappa shape index (κ3) is 3.96. The van der Waals surface area contributed by atoms with Crippen LogP contribution in [0.15, 0.2) is 74.9 Å². The molecule has 9 heteroatoms. The Labute approximate surface area is 165 Å². The first-order valence-electron chi connectivity index (χ1n) is 7.78. The highest BCUT2D eigenvalue weighted by molar-refractivity contribution is 7.95. The largest absolute Gasteiger partial charge is 0.457 e. The first-order chi connectivity index (χ1) is 13.3. The maximum atomic E-state index is 12.6. The van der Waals surface area contributed by atoms with Crippen molar-refractivity contribution in [3.63, 3.8) is 0 Å². The molecule has 0 N–H and O–H groups in total. The van der Waals surface area contributed by atoms with E-state index in [4.69, 9.17) is 16.0 Å². The monoisotopic (exact) mass is 414 g/mol. The second-order valence-corrected chi connectivity index (χ2v) is 7.94. The van der Waals surface area contributed by atoms with Crippen LogP contribution in [0.1, 0.15) is 5.76 Å². The fourth-order valence-electron chi connectivity index (χ4n) is 2.37. The van der Waals surface area contributed by atoms with E-state index in [1.807, 2.05) is 0 Å². The maximum absolute atomic E-state index is 12.6. The molecule has 0 saturated carbocycles. The molecule has 3 aromatic rings. The SMILES string of the molecule is N#CC(=Cc1ccc(-c2ccc([N+](=O)[O-])cc2)o1)S(=O)(=O)c1ccc(Cl)cc1. The molecule has 0 aliphatic heterocycles. The number of benzene rings is 2. The number of nitriles is 1. The number of hydrogen-bond acceptors (Lipinski definition) is 6. The van der Waals surface area contributed by atoms with Gasteiger partial charge in [-0.3, -0.25) is 10.1 Å². The lowest BCUT2D eigenvalue weighted by atomic mass is 10.1. The van der Waals surface area contributed by atoms with Gasteiger partial charge in [-0.05, 0) is 48.5 Å². The van der Waals surface area contributed by atoms with Crippen molar-refractivity contribution in [1.29, 1.82) is 5.26 Å². The molecule has 28 heavy (non-hydrogen) atoms. The molecule has 2 aromatic carbocycles. The molecule has 0 saturated heterocycles. The van der Waals surface area contributed by atoms with Crippen molar-refractivity contribution in [2.75, 3.05) is 0 Å². The first kappa shape index (κ1) is 19.4. The Bertz CT molecular complexity index is 1200. The fourth-order valence-corrected chi connectivity index (χ4v) is 3.64. The van der Waals surface area contributed by atoms with Gasteiger partial charge in [-0.2, -0.15) is 5.26 Å². The first-order valence-corrected chi connectivity index (χ1v) is 9.64. The van der Waals surface area contributed by atoms with Crippen LogP contribution in [-0.4, -0.2) is 13.3 Å². The van der Waals surface area contributed by atoms with E-state index in [1.54, 1.807) is 12.1 Å². The summed E-state index contributed by atoms with van der Waals surface area (Å²) in [5.74, 6) is 0.532. The van der Waals surface area contributed by atoms with Crippen LogP contribution in [0.2, 0.25) is 5.02 Å². The number of nitrogens with zero attached hydrogens (tertiary/aromatic N) is 2. The Morgan fingerprint density at radius 2 is 1.71 bits per heavy atom. The normalized spacial score (nSPS) is 11.8. The smallest absolute Gasteiger partial charge is 0.269 e. The maximum Gasteiger partial charge on any atom is 0.269 e. The summed E-state index contributed by atoms with van der Waals surface area (Å²) in [4.78, 5) is 9.65. The fraction of sp³-hybridized carbons (Fsp3) is 0. The molecular formula is C19H11ClN2O5S. The van der Waals surface area contributed by atoms with Gasteiger partial charge >= 0.3 is 0 Å². The molecule has 1 heterocycles. The van der Waals surface area contributed by atoms with Crippen molar-refractivity contribution in [2.45, 2.75) is 4.90 Å². The lowest BCUT2D eigenvalue weighted by molar-refractivity contribution is -0.384. The number of sulfone groups is 1. The van der Waals surface area contributed by atoms with Gasteiger partial charge in [-0.25, -0.2) is 8.42 Å². The highest BCUT2D eigenvalue weighted by atomic mass is 35.5. The van der Waals surface area contributed by atoms with Gasteiger partial charge in [0.15, 0.2) is 4.91 Å². The van der Waals surface area contributed by atoms with Crippen LogP contribution in [0.4, 0.5) is 5.69 Å². The van der Waals surface area contributed by atoms with Gasteiger partial charge in [0.05, 0.1) is 9.82 Å². The number of non-ortho nitro benzene ring substituents is 1. The number of hydrogen-bond donors (Lipinski definition) is 0. The van der Waals surface area contributed by atoms with Crippen LogP contribution < -0.4 is 0 Å². The molecule has 0 bridgehead atoms. The molecule has 0 atom stereocenters. The Morgan fingerprint density at radius 1 is 1.07 bits per heavy atom. The molecule has 0 aliphatic rings. The van der Waals surface area contributed by atoms with Gasteiger partial charge in [-0.15, -0.1) is 0 Å². The van der Waals surface area contributed by atoms with Gasteiger partial charge in [0.25, 0.3) is 5.69 Å². The molecule has 0 fully saturated rings. The van der Waals surface area contributed by atoms with E-state index >= 15 is 0 Å². The zero-order valence-electron chi connectivity index (χ0n) is 14.1. The predicted octanol–water partition coefficient (Wildman–Crippen LogP) is 4.85. The van der Waals surface area contributed by atoms with E-state index in [-0.39, 0.29) is 16.3 Å². The van der Waals surface area contributed by atoms with E-state index in [9.17, 15) is 23.8 Å². The van der Waals surface area contributed by atoms with E-state index in [2.05, 4.69) is 0 Å². The zero-order valence-corrected chi connectivity index (χ0v) is 15.6. The molecule has 3 rings (SSSR count). The summed E-state index contributed by atoms with van der Waals surface area (Å²) < 4.78 is 30.8. The van der Waals surface area contributed by atoms with Crippen LogP contribution in [0.25, 0.3) is 17.4 Å². The average Bonchev–Trinajstić information content (AvgIpc) is 3.15. The van der Waals surface area contributed by atoms with E-state index < -0.39 is 19.7 Å². The second kappa shape index (κ2) is 7.68. The third-order valence-electron chi connectivity index (χ3n) is 3.79. The van der Waals surface area contributed by atoms with Crippen molar-refractivity contribution in [3.8, 4) is 17.4 Å². The molecule has 7 nitrogen and oxygen atoms in total. The van der Waals surface area contributed by atoms with Gasteiger partial charge < -0.3 is 4.42 Å². The number of nitro benzene ring substituents is 1. The minimum absolute atomic E-state index is 0.0590. The van der Waals surface area contributed by atoms with Gasteiger partial charge in [0.2, 0.25) is 9.84 Å². The summed E-state index contributed by atoms with van der Waals surface area (Å²) in [6.45, 7) is 0. The standard InChI is InChI=1S/C19H11ClN2O5S/c20-14-3-8-17(9-4-14)28(25,26)18(12-21)11-16-7-10-19(27-16)13-1-5-15(6-2-13)22(23)24/h1-11H. The Kier molecular flexibility index (Phi) is 5.31. The van der Waals surface area contributed by atoms with Crippen molar-refractivity contribution in [3.05, 3.63) is 86.5 Å². The average molecular weight is 415 g/mol. The summed E-state index contributed by atoms with van der Waals surface area (Å²) in [6.07, 6.45) is 1.12. The topological polar surface area (TPSA) is 114 Å². The van der Waals surface area contributed by atoms with E-state index in [0.29, 0.717) is 16.3 Å². The summed E-state index contributed by atoms with van der Waals surface area (Å²) in [6, 6.07) is 15.9. The van der Waals surface area contributed by atoms with Crippen molar-refractivity contribution in [2.24, 2.45) is 0 Å². The van der Waals surface area contributed by atoms with Crippen molar-refractivity contribution in [1.82, 2.24) is 0 Å². The van der Waals surface area contributed by atoms with Gasteiger partial charge in [0, 0.05) is 28.8 Å². The minimum atomic E-state index is -4.03. The molecule has 0 amide bonds. The third-order valence-corrected chi connectivity index (χ3v) is 5.72. The second-order valence-electron chi connectivity index (χ2n) is 5.58. The molecular weight excluding hydrogens is 404 g/mol. The number of furan rings is 1. The highest BCUT2D eigenvalue weighted by Crippen LogP contribution is 2.27. The molecule has 0 aliphatic carbocycles. The zero-order chi connectivity index (χ0) is 20.3. The van der Waals surface area contributed by atoms with Gasteiger partial charge in [-0.1, -0.05) is 11.6 Å². The number of nitro groups is 1. The van der Waals surface area contributed by atoms with Crippen LogP contribution in [0.5, 0.6) is 0 Å².